The minimum absolute atomic E-state index is 0.00579. The largest absolute Gasteiger partial charge is 0.478 e. The van der Waals surface area contributed by atoms with Gasteiger partial charge < -0.3 is 15.2 Å². The van der Waals surface area contributed by atoms with Crippen LogP contribution in [0.4, 0.5) is 0 Å². The monoisotopic (exact) mass is 278 g/mol. The fraction of sp³-hybridized carbons (Fsp3) is 0.500. The van der Waals surface area contributed by atoms with Crippen molar-refractivity contribution >= 4 is 11.9 Å². The molecule has 2 heterocycles. The number of carboxylic acid groups (broad SMARTS) is 1. The molecule has 1 aliphatic heterocycles. The molecule has 0 aromatic carbocycles. The molecule has 1 aromatic heterocycles. The SMILES string of the molecule is Cc1nc(C(=O)NC(C)C2CCOC2)ccc1C(=O)O. The highest BCUT2D eigenvalue weighted by atomic mass is 16.5. The highest BCUT2D eigenvalue weighted by Crippen LogP contribution is 2.16. The molecule has 6 nitrogen and oxygen atoms in total. The van der Waals surface area contributed by atoms with E-state index < -0.39 is 5.97 Å². The predicted octanol–water partition coefficient (Wildman–Crippen LogP) is 1.24. The first-order valence-electron chi connectivity index (χ1n) is 6.58. The number of amides is 1. The summed E-state index contributed by atoms with van der Waals surface area (Å²) in [7, 11) is 0. The van der Waals surface area contributed by atoms with Crippen LogP contribution in [0.2, 0.25) is 0 Å². The van der Waals surface area contributed by atoms with Gasteiger partial charge in [-0.25, -0.2) is 9.78 Å². The number of aromatic carboxylic acids is 1. The Morgan fingerprint density at radius 3 is 2.80 bits per heavy atom. The van der Waals surface area contributed by atoms with Crippen LogP contribution < -0.4 is 5.32 Å². The molecule has 2 atom stereocenters. The second-order valence-electron chi connectivity index (χ2n) is 5.02. The molecule has 1 saturated heterocycles. The van der Waals surface area contributed by atoms with Crippen molar-refractivity contribution in [3.8, 4) is 0 Å². The van der Waals surface area contributed by atoms with Gasteiger partial charge in [-0.2, -0.15) is 0 Å². The molecule has 0 aliphatic carbocycles. The average molecular weight is 278 g/mol. The van der Waals surface area contributed by atoms with Crippen molar-refractivity contribution in [3.05, 3.63) is 29.1 Å². The maximum absolute atomic E-state index is 12.1. The molecular formula is C14H18N2O4. The fourth-order valence-corrected chi connectivity index (χ4v) is 2.26. The lowest BCUT2D eigenvalue weighted by atomic mass is 10.0. The van der Waals surface area contributed by atoms with Gasteiger partial charge in [0.1, 0.15) is 5.69 Å². The van der Waals surface area contributed by atoms with E-state index in [9.17, 15) is 9.59 Å². The Hall–Kier alpha value is -1.95. The molecule has 20 heavy (non-hydrogen) atoms. The van der Waals surface area contributed by atoms with Crippen LogP contribution in [0.5, 0.6) is 0 Å². The van der Waals surface area contributed by atoms with Gasteiger partial charge in [-0.1, -0.05) is 0 Å². The van der Waals surface area contributed by atoms with Gasteiger partial charge in [0.05, 0.1) is 17.9 Å². The molecule has 0 bridgehead atoms. The van der Waals surface area contributed by atoms with Gasteiger partial charge in [-0.05, 0) is 32.4 Å². The Morgan fingerprint density at radius 1 is 1.50 bits per heavy atom. The number of pyridine rings is 1. The molecule has 108 valence electrons. The molecule has 2 unspecified atom stereocenters. The number of aryl methyl sites for hydroxylation is 1. The van der Waals surface area contributed by atoms with Crippen molar-refractivity contribution in [1.29, 1.82) is 0 Å². The number of ether oxygens (including phenoxy) is 1. The molecule has 1 aliphatic rings. The Bertz CT molecular complexity index is 524. The third kappa shape index (κ3) is 3.14. The van der Waals surface area contributed by atoms with Crippen LogP contribution in [-0.4, -0.2) is 41.2 Å². The maximum atomic E-state index is 12.1. The van der Waals surface area contributed by atoms with Crippen molar-refractivity contribution in [2.24, 2.45) is 5.92 Å². The first-order chi connectivity index (χ1) is 9.49. The second-order valence-corrected chi connectivity index (χ2v) is 5.02. The Balaban J connectivity index is 2.05. The lowest BCUT2D eigenvalue weighted by molar-refractivity contribution is 0.0694. The Morgan fingerprint density at radius 2 is 2.25 bits per heavy atom. The van der Waals surface area contributed by atoms with E-state index in [1.54, 1.807) is 6.92 Å². The minimum atomic E-state index is -1.04. The van der Waals surface area contributed by atoms with Gasteiger partial charge in [0.25, 0.3) is 5.91 Å². The third-order valence-electron chi connectivity index (χ3n) is 3.58. The first kappa shape index (κ1) is 14.5. The van der Waals surface area contributed by atoms with Crippen molar-refractivity contribution < 1.29 is 19.4 Å². The number of hydrogen-bond acceptors (Lipinski definition) is 4. The molecule has 2 N–H and O–H groups in total. The molecule has 0 radical (unpaired) electrons. The number of hydrogen-bond donors (Lipinski definition) is 2. The van der Waals surface area contributed by atoms with E-state index in [4.69, 9.17) is 9.84 Å². The van der Waals surface area contributed by atoms with E-state index >= 15 is 0 Å². The number of carbonyl (C=O) groups is 2. The van der Waals surface area contributed by atoms with E-state index in [0.717, 1.165) is 13.0 Å². The highest BCUT2D eigenvalue weighted by molar-refractivity contribution is 5.94. The molecule has 1 fully saturated rings. The van der Waals surface area contributed by atoms with E-state index in [1.807, 2.05) is 6.92 Å². The van der Waals surface area contributed by atoms with Gasteiger partial charge >= 0.3 is 5.97 Å². The smallest absolute Gasteiger partial charge is 0.337 e. The highest BCUT2D eigenvalue weighted by Gasteiger charge is 2.24. The minimum Gasteiger partial charge on any atom is -0.478 e. The van der Waals surface area contributed by atoms with Crippen LogP contribution in [-0.2, 0) is 4.74 Å². The summed E-state index contributed by atoms with van der Waals surface area (Å²) >= 11 is 0. The zero-order valence-corrected chi connectivity index (χ0v) is 11.5. The Labute approximate surface area is 117 Å². The molecule has 0 spiro atoms. The summed E-state index contributed by atoms with van der Waals surface area (Å²) in [6.45, 7) is 4.91. The van der Waals surface area contributed by atoms with Crippen LogP contribution >= 0.6 is 0 Å². The summed E-state index contributed by atoms with van der Waals surface area (Å²) in [5.41, 5.74) is 0.680. The molecular weight excluding hydrogens is 260 g/mol. The van der Waals surface area contributed by atoms with Crippen LogP contribution in [0.25, 0.3) is 0 Å². The zero-order chi connectivity index (χ0) is 14.7. The lowest BCUT2D eigenvalue weighted by Crippen LogP contribution is -2.38. The van der Waals surface area contributed by atoms with E-state index in [2.05, 4.69) is 10.3 Å². The average Bonchev–Trinajstić information content (AvgIpc) is 2.91. The quantitative estimate of drug-likeness (QED) is 0.865. The normalized spacial score (nSPS) is 19.6. The summed E-state index contributed by atoms with van der Waals surface area (Å²) in [5, 5.41) is 11.8. The van der Waals surface area contributed by atoms with E-state index in [-0.39, 0.29) is 23.2 Å². The van der Waals surface area contributed by atoms with E-state index in [1.165, 1.54) is 12.1 Å². The van der Waals surface area contributed by atoms with Crippen LogP contribution in [0.3, 0.4) is 0 Å². The van der Waals surface area contributed by atoms with Gasteiger partial charge in [-0.15, -0.1) is 0 Å². The number of nitrogens with one attached hydrogen (secondary N) is 1. The van der Waals surface area contributed by atoms with Gasteiger partial charge in [-0.3, -0.25) is 4.79 Å². The summed E-state index contributed by atoms with van der Waals surface area (Å²) in [4.78, 5) is 27.0. The summed E-state index contributed by atoms with van der Waals surface area (Å²) in [6.07, 6.45) is 0.936. The maximum Gasteiger partial charge on any atom is 0.337 e. The molecule has 2 rings (SSSR count). The van der Waals surface area contributed by atoms with Crippen molar-refractivity contribution in [2.75, 3.05) is 13.2 Å². The van der Waals surface area contributed by atoms with Gasteiger partial charge in [0.2, 0.25) is 0 Å². The number of carbonyl (C=O) groups excluding carboxylic acids is 1. The number of rotatable bonds is 4. The van der Waals surface area contributed by atoms with Crippen LogP contribution in [0, 0.1) is 12.8 Å². The fourth-order valence-electron chi connectivity index (χ4n) is 2.26. The third-order valence-corrected chi connectivity index (χ3v) is 3.58. The molecule has 1 amide bonds. The van der Waals surface area contributed by atoms with Gasteiger partial charge in [0, 0.05) is 18.6 Å². The summed E-state index contributed by atoms with van der Waals surface area (Å²) < 4.78 is 5.29. The number of nitrogens with zero attached hydrogens (tertiary/aromatic N) is 1. The summed E-state index contributed by atoms with van der Waals surface area (Å²) in [5.74, 6) is -1.01. The molecule has 1 aromatic rings. The predicted molar refractivity (Wildman–Crippen MR) is 71.8 cm³/mol. The first-order valence-corrected chi connectivity index (χ1v) is 6.58. The topological polar surface area (TPSA) is 88.5 Å². The van der Waals surface area contributed by atoms with E-state index in [0.29, 0.717) is 18.2 Å². The zero-order valence-electron chi connectivity index (χ0n) is 11.5. The Kier molecular flexibility index (Phi) is 4.34. The second kappa shape index (κ2) is 6.00. The number of carboxylic acids is 1. The van der Waals surface area contributed by atoms with Crippen molar-refractivity contribution in [1.82, 2.24) is 10.3 Å². The van der Waals surface area contributed by atoms with Gasteiger partial charge in [0.15, 0.2) is 0 Å². The molecule has 6 heteroatoms. The lowest BCUT2D eigenvalue weighted by Gasteiger charge is -2.19. The van der Waals surface area contributed by atoms with Crippen molar-refractivity contribution in [3.63, 3.8) is 0 Å². The van der Waals surface area contributed by atoms with Crippen LogP contribution in [0.15, 0.2) is 12.1 Å². The number of aromatic nitrogens is 1. The van der Waals surface area contributed by atoms with Crippen LogP contribution in [0.1, 0.15) is 39.9 Å². The standard InChI is InChI=1S/C14H18N2O4/c1-8(10-5-6-20-7-10)16-13(17)12-4-3-11(14(18)19)9(2)15-12/h3-4,8,10H,5-7H2,1-2H3,(H,16,17)(H,18,19). The molecule has 0 saturated carbocycles. The van der Waals surface area contributed by atoms with Crippen molar-refractivity contribution in [2.45, 2.75) is 26.3 Å². The summed E-state index contributed by atoms with van der Waals surface area (Å²) in [6, 6.07) is 2.85.